The number of nitrogens with zero attached hydrogens (tertiary/aromatic N) is 3. The van der Waals surface area contributed by atoms with Gasteiger partial charge in [-0.1, -0.05) is 18.6 Å². The molecule has 0 fully saturated rings. The predicted octanol–water partition coefficient (Wildman–Crippen LogP) is 1.37. The second-order valence-electron chi connectivity index (χ2n) is 3.98. The van der Waals surface area contributed by atoms with E-state index in [1.165, 1.54) is 6.26 Å². The molecule has 0 radical (unpaired) electrons. The highest BCUT2D eigenvalue weighted by Crippen LogP contribution is 2.15. The summed E-state index contributed by atoms with van der Waals surface area (Å²) in [4.78, 5) is 12.0. The summed E-state index contributed by atoms with van der Waals surface area (Å²) in [5.74, 6) is 0.895. The molecule has 0 saturated carbocycles. The zero-order chi connectivity index (χ0) is 13.0. The van der Waals surface area contributed by atoms with Crippen LogP contribution in [-0.4, -0.2) is 26.5 Å². The van der Waals surface area contributed by atoms with E-state index >= 15 is 0 Å². The normalized spacial score (nSPS) is 12.3. The van der Waals surface area contributed by atoms with E-state index in [0.29, 0.717) is 17.1 Å². The Balaban J connectivity index is 2.10. The van der Waals surface area contributed by atoms with Crippen LogP contribution in [0.1, 0.15) is 47.7 Å². The van der Waals surface area contributed by atoms with Crippen LogP contribution in [-0.2, 0) is 0 Å². The van der Waals surface area contributed by atoms with Crippen molar-refractivity contribution >= 4 is 5.91 Å². The van der Waals surface area contributed by atoms with Gasteiger partial charge < -0.3 is 9.73 Å². The number of carbonyl (C=O) groups excluding carboxylic acids is 1. The summed E-state index contributed by atoms with van der Waals surface area (Å²) in [6, 6.07) is 1.40. The highest BCUT2D eigenvalue weighted by molar-refractivity contribution is 5.95. The molecule has 0 saturated heterocycles. The molecule has 96 valence electrons. The number of nitrogens with one attached hydrogen (secondary N) is 2. The summed E-state index contributed by atoms with van der Waals surface area (Å²) in [5, 5.41) is 16.6. The standard InChI is InChI=1S/C11H15N5O2/c1-3-4-9(10-13-15-16-14-10)12-11(17)8-5-6-18-7(8)2/h5-6,9H,3-4H2,1-2H3,(H,12,17)(H,13,14,15,16). The Bertz CT molecular complexity index is 505. The molecule has 1 unspecified atom stereocenters. The summed E-state index contributed by atoms with van der Waals surface area (Å²) in [5.41, 5.74) is 0.527. The lowest BCUT2D eigenvalue weighted by Crippen LogP contribution is -2.29. The van der Waals surface area contributed by atoms with Crippen molar-refractivity contribution in [2.45, 2.75) is 32.7 Å². The summed E-state index contributed by atoms with van der Waals surface area (Å²) in [6.45, 7) is 3.78. The second kappa shape index (κ2) is 5.44. The number of furan rings is 1. The van der Waals surface area contributed by atoms with Crippen LogP contribution >= 0.6 is 0 Å². The predicted molar refractivity (Wildman–Crippen MR) is 62.7 cm³/mol. The van der Waals surface area contributed by atoms with Gasteiger partial charge in [-0.3, -0.25) is 4.79 Å². The fourth-order valence-electron chi connectivity index (χ4n) is 1.73. The highest BCUT2D eigenvalue weighted by Gasteiger charge is 2.20. The topological polar surface area (TPSA) is 96.7 Å². The minimum atomic E-state index is -0.240. The Morgan fingerprint density at radius 1 is 1.61 bits per heavy atom. The first kappa shape index (κ1) is 12.3. The Labute approximate surface area is 104 Å². The molecule has 7 nitrogen and oxygen atoms in total. The van der Waals surface area contributed by atoms with Gasteiger partial charge in [0.1, 0.15) is 5.76 Å². The van der Waals surface area contributed by atoms with Crippen molar-refractivity contribution in [1.82, 2.24) is 25.9 Å². The Morgan fingerprint density at radius 2 is 2.44 bits per heavy atom. The van der Waals surface area contributed by atoms with Crippen LogP contribution in [0.25, 0.3) is 0 Å². The SMILES string of the molecule is CCCC(NC(=O)c1ccoc1C)c1nn[nH]n1. The fourth-order valence-corrected chi connectivity index (χ4v) is 1.73. The summed E-state index contributed by atoms with van der Waals surface area (Å²) >= 11 is 0. The molecule has 1 atom stereocenters. The third-order valence-electron chi connectivity index (χ3n) is 2.66. The van der Waals surface area contributed by atoms with E-state index in [4.69, 9.17) is 4.42 Å². The van der Waals surface area contributed by atoms with Crippen molar-refractivity contribution < 1.29 is 9.21 Å². The van der Waals surface area contributed by atoms with Crippen molar-refractivity contribution in [2.75, 3.05) is 0 Å². The molecule has 0 aliphatic heterocycles. The van der Waals surface area contributed by atoms with Crippen molar-refractivity contribution in [3.8, 4) is 0 Å². The van der Waals surface area contributed by atoms with Gasteiger partial charge in [-0.2, -0.15) is 5.21 Å². The Kier molecular flexibility index (Phi) is 3.71. The van der Waals surface area contributed by atoms with Gasteiger partial charge in [-0.15, -0.1) is 10.2 Å². The molecule has 2 N–H and O–H groups in total. The van der Waals surface area contributed by atoms with Crippen LogP contribution in [0, 0.1) is 6.92 Å². The molecular formula is C11H15N5O2. The van der Waals surface area contributed by atoms with Gasteiger partial charge in [0.05, 0.1) is 17.9 Å². The Hall–Kier alpha value is -2.18. The average Bonchev–Trinajstić information content (AvgIpc) is 2.98. The van der Waals surface area contributed by atoms with Gasteiger partial charge in [0.25, 0.3) is 5.91 Å². The quantitative estimate of drug-likeness (QED) is 0.834. The molecule has 1 amide bonds. The fraction of sp³-hybridized carbons (Fsp3) is 0.455. The van der Waals surface area contributed by atoms with Gasteiger partial charge in [-0.25, -0.2) is 0 Å². The zero-order valence-corrected chi connectivity index (χ0v) is 10.3. The van der Waals surface area contributed by atoms with Crippen molar-refractivity contribution in [3.05, 3.63) is 29.5 Å². The maximum atomic E-state index is 12.0. The molecule has 2 aromatic rings. The van der Waals surface area contributed by atoms with Crippen LogP contribution in [0.15, 0.2) is 16.7 Å². The molecule has 2 aromatic heterocycles. The van der Waals surface area contributed by atoms with Crippen LogP contribution in [0.5, 0.6) is 0 Å². The van der Waals surface area contributed by atoms with Crippen molar-refractivity contribution in [2.24, 2.45) is 0 Å². The number of amides is 1. The smallest absolute Gasteiger partial charge is 0.255 e. The number of rotatable bonds is 5. The van der Waals surface area contributed by atoms with E-state index in [-0.39, 0.29) is 11.9 Å². The number of carbonyl (C=O) groups is 1. The molecule has 0 spiro atoms. The maximum Gasteiger partial charge on any atom is 0.255 e. The van der Waals surface area contributed by atoms with E-state index in [1.54, 1.807) is 13.0 Å². The minimum absolute atomic E-state index is 0.190. The zero-order valence-electron chi connectivity index (χ0n) is 10.3. The second-order valence-corrected chi connectivity index (χ2v) is 3.98. The maximum absolute atomic E-state index is 12.0. The lowest BCUT2D eigenvalue weighted by molar-refractivity contribution is 0.0931. The molecule has 0 aromatic carbocycles. The van der Waals surface area contributed by atoms with Crippen LogP contribution in [0.4, 0.5) is 0 Å². The Morgan fingerprint density at radius 3 is 3.00 bits per heavy atom. The van der Waals surface area contributed by atoms with E-state index in [0.717, 1.165) is 12.8 Å². The largest absolute Gasteiger partial charge is 0.469 e. The van der Waals surface area contributed by atoms with E-state index in [1.807, 2.05) is 6.92 Å². The van der Waals surface area contributed by atoms with Crippen molar-refractivity contribution in [1.29, 1.82) is 0 Å². The highest BCUT2D eigenvalue weighted by atomic mass is 16.3. The summed E-state index contributed by atoms with van der Waals surface area (Å²) in [6.07, 6.45) is 3.15. The van der Waals surface area contributed by atoms with Gasteiger partial charge in [0, 0.05) is 0 Å². The number of tetrazole rings is 1. The molecule has 0 aliphatic rings. The van der Waals surface area contributed by atoms with Crippen molar-refractivity contribution in [3.63, 3.8) is 0 Å². The van der Waals surface area contributed by atoms with Gasteiger partial charge in [0.15, 0.2) is 5.82 Å². The van der Waals surface area contributed by atoms with E-state index in [9.17, 15) is 4.79 Å². The summed E-state index contributed by atoms with van der Waals surface area (Å²) in [7, 11) is 0. The minimum Gasteiger partial charge on any atom is -0.469 e. The third-order valence-corrected chi connectivity index (χ3v) is 2.66. The van der Waals surface area contributed by atoms with E-state index < -0.39 is 0 Å². The number of H-pyrrole nitrogens is 1. The lowest BCUT2D eigenvalue weighted by atomic mass is 10.1. The molecular weight excluding hydrogens is 234 g/mol. The lowest BCUT2D eigenvalue weighted by Gasteiger charge is -2.13. The first-order valence-corrected chi connectivity index (χ1v) is 5.80. The number of hydrogen-bond acceptors (Lipinski definition) is 5. The molecule has 2 rings (SSSR count). The van der Waals surface area contributed by atoms with Crippen LogP contribution in [0.3, 0.4) is 0 Å². The van der Waals surface area contributed by atoms with Gasteiger partial charge >= 0.3 is 0 Å². The average molecular weight is 249 g/mol. The van der Waals surface area contributed by atoms with Crippen LogP contribution in [0.2, 0.25) is 0 Å². The monoisotopic (exact) mass is 249 g/mol. The van der Waals surface area contributed by atoms with Crippen LogP contribution < -0.4 is 5.32 Å². The molecule has 7 heteroatoms. The summed E-state index contributed by atoms with van der Waals surface area (Å²) < 4.78 is 5.11. The van der Waals surface area contributed by atoms with E-state index in [2.05, 4.69) is 25.9 Å². The molecule has 0 bridgehead atoms. The molecule has 18 heavy (non-hydrogen) atoms. The first-order chi connectivity index (χ1) is 8.72. The number of aryl methyl sites for hydroxylation is 1. The number of hydrogen-bond donors (Lipinski definition) is 2. The first-order valence-electron chi connectivity index (χ1n) is 5.80. The van der Waals surface area contributed by atoms with Gasteiger partial charge in [0.2, 0.25) is 0 Å². The number of aromatic amines is 1. The number of aromatic nitrogens is 4. The molecule has 0 aliphatic carbocycles. The molecule has 2 heterocycles. The van der Waals surface area contributed by atoms with Gasteiger partial charge in [-0.05, 0) is 19.4 Å². The third kappa shape index (κ3) is 2.55.